The summed E-state index contributed by atoms with van der Waals surface area (Å²) in [6.07, 6.45) is 2.48. The van der Waals surface area contributed by atoms with Crippen LogP contribution in [-0.2, 0) is 71.4 Å². The lowest BCUT2D eigenvalue weighted by atomic mass is 9.73. The number of aromatic nitrogens is 5. The number of halogens is 1. The summed E-state index contributed by atoms with van der Waals surface area (Å²) >= 11 is 2.79. The van der Waals surface area contributed by atoms with Gasteiger partial charge >= 0.3 is 11.9 Å². The lowest BCUT2D eigenvalue weighted by molar-refractivity contribution is -0.145. The maximum atomic E-state index is 13.5. The number of aromatic hydroxyl groups is 1. The number of sulfonamides is 1. The number of carboxylic acids is 2. The average molecular weight is 1300 g/mol. The number of rotatable bonds is 37. The molecule has 29 heteroatoms. The molecule has 10 N–H and O–H groups in total. The molecule has 0 bridgehead atoms. The van der Waals surface area contributed by atoms with E-state index in [2.05, 4.69) is 69.7 Å². The van der Waals surface area contributed by atoms with Gasteiger partial charge in [0.15, 0.2) is 5.78 Å². The lowest BCUT2D eigenvalue weighted by Gasteiger charge is -2.31. The van der Waals surface area contributed by atoms with E-state index in [0.29, 0.717) is 74.3 Å². The molecule has 3 aromatic carbocycles. The minimum Gasteiger partial charge on any atom is -0.508 e. The van der Waals surface area contributed by atoms with Crippen molar-refractivity contribution in [1.82, 2.24) is 46.5 Å². The first-order valence-corrected chi connectivity index (χ1v) is 29.9. The number of carboxylic acid groups (broad SMARTS) is 2. The van der Waals surface area contributed by atoms with Crippen molar-refractivity contribution in [2.24, 2.45) is 5.14 Å². The molecule has 0 radical (unpaired) electrons. The SMILES string of the molecule is Cc1ccc(C(C)(CCC(=O)N[C@@H](CC(=O)N[C@@H](CC(=O)N[C@@H](CCCCn2cc(CCCC(=O)Nc3nnc(S(N)(=O)=O)s3)nn2)C(=O)NCCOCCOCCCC(=O)c2ccc(I)cc2)C(=O)O)C(=O)O)c2ccc(O)cc2)cc1. The van der Waals surface area contributed by atoms with Gasteiger partial charge in [-0.05, 0) is 110 Å². The van der Waals surface area contributed by atoms with Gasteiger partial charge in [0.25, 0.3) is 10.0 Å². The summed E-state index contributed by atoms with van der Waals surface area (Å²) in [5, 5.41) is 62.5. The predicted molar refractivity (Wildman–Crippen MR) is 309 cm³/mol. The number of carbonyl (C=O) groups is 8. The number of aryl methyl sites for hydroxylation is 3. The van der Waals surface area contributed by atoms with Crippen molar-refractivity contribution < 1.29 is 71.6 Å². The van der Waals surface area contributed by atoms with Crippen LogP contribution >= 0.6 is 33.9 Å². The third-order valence-electron chi connectivity index (χ3n) is 13.0. The first-order valence-electron chi connectivity index (χ1n) is 26.5. The number of hydrogen-bond donors (Lipinski definition) is 9. The van der Waals surface area contributed by atoms with Crippen LogP contribution in [0.4, 0.5) is 5.13 Å². The Bertz CT molecular complexity index is 3060. The minimum atomic E-state index is -4.06. The Morgan fingerprint density at radius 2 is 1.31 bits per heavy atom. The molecule has 448 valence electrons. The largest absolute Gasteiger partial charge is 0.508 e. The molecule has 0 saturated heterocycles. The molecule has 83 heavy (non-hydrogen) atoms. The van der Waals surface area contributed by atoms with Crippen molar-refractivity contribution in [2.45, 2.75) is 125 Å². The number of nitrogens with one attached hydrogen (secondary N) is 5. The van der Waals surface area contributed by atoms with Crippen LogP contribution in [0.3, 0.4) is 0 Å². The van der Waals surface area contributed by atoms with Crippen LogP contribution in [0.5, 0.6) is 5.75 Å². The Balaban J connectivity index is 1.11. The van der Waals surface area contributed by atoms with Crippen LogP contribution in [0.25, 0.3) is 0 Å². The van der Waals surface area contributed by atoms with E-state index in [1.807, 2.05) is 50.2 Å². The van der Waals surface area contributed by atoms with Gasteiger partial charge in [-0.15, -0.1) is 15.3 Å². The molecule has 0 aliphatic carbocycles. The van der Waals surface area contributed by atoms with E-state index in [1.165, 1.54) is 12.1 Å². The number of phenols is 1. The minimum absolute atomic E-state index is 0.0151. The summed E-state index contributed by atoms with van der Waals surface area (Å²) in [4.78, 5) is 103. The third-order valence-corrected chi connectivity index (χ3v) is 15.8. The van der Waals surface area contributed by atoms with Crippen molar-refractivity contribution in [2.75, 3.05) is 38.3 Å². The van der Waals surface area contributed by atoms with Gasteiger partial charge in [-0.2, -0.15) is 0 Å². The standard InChI is InChI=1S/C54H68IN11O15S2/c1-34-11-15-36(16-12-34)54(2,37-17-21-40(67)22-18-37)24-23-46(70)59-42(50(74)75)31-48(72)60-43(51(76)77)32-47(71)58-41(49(73)57-25-28-81-30-29-80-27-6-9-44(68)35-13-19-38(55)20-14-35)8-3-4-26-66-33-39(62-65-66)7-5-10-45(69)61-52-63-64-53(82-52)83(56,78)79/h11-22,33,41-43,67H,3-10,23-32H2,1-2H3,(H,57,73)(H,58,71)(H,59,70)(H,60,72)(H,74,75)(H,76,77)(H2,56,78,79)(H,61,63,69)/t41-,42-,43-,54?/m0/s1. The fourth-order valence-electron chi connectivity index (χ4n) is 8.36. The molecule has 0 fully saturated rings. The zero-order valence-corrected chi connectivity index (χ0v) is 49.5. The van der Waals surface area contributed by atoms with Crippen molar-refractivity contribution in [1.29, 1.82) is 0 Å². The number of carbonyl (C=O) groups excluding carboxylic acids is 6. The summed E-state index contributed by atoms with van der Waals surface area (Å²) in [5.74, 6) is -6.88. The quantitative estimate of drug-likeness (QED) is 0.0119. The van der Waals surface area contributed by atoms with Crippen LogP contribution in [0.2, 0.25) is 0 Å². The number of aliphatic carboxylic acids is 2. The highest BCUT2D eigenvalue weighted by molar-refractivity contribution is 14.1. The Morgan fingerprint density at radius 3 is 1.93 bits per heavy atom. The van der Waals surface area contributed by atoms with Crippen molar-refractivity contribution >= 4 is 96.3 Å². The second-order valence-electron chi connectivity index (χ2n) is 19.5. The van der Waals surface area contributed by atoms with E-state index in [1.54, 1.807) is 35.1 Å². The molecule has 4 atom stereocenters. The molecule has 2 heterocycles. The fraction of sp³-hybridized carbons (Fsp3) is 0.444. The molecule has 5 aromatic rings. The Morgan fingerprint density at radius 1 is 0.711 bits per heavy atom. The highest BCUT2D eigenvalue weighted by atomic mass is 127. The summed E-state index contributed by atoms with van der Waals surface area (Å²) in [7, 11) is -4.06. The normalized spacial score (nSPS) is 13.2. The van der Waals surface area contributed by atoms with Crippen LogP contribution in [-0.4, -0.2) is 147 Å². The van der Waals surface area contributed by atoms with Crippen LogP contribution < -0.4 is 31.7 Å². The van der Waals surface area contributed by atoms with Crippen molar-refractivity contribution in [3.05, 3.63) is 111 Å². The van der Waals surface area contributed by atoms with Crippen LogP contribution in [0.1, 0.15) is 110 Å². The van der Waals surface area contributed by atoms with Crippen LogP contribution in [0, 0.1) is 10.5 Å². The summed E-state index contributed by atoms with van der Waals surface area (Å²) in [5.41, 5.74) is 3.12. The maximum absolute atomic E-state index is 13.5. The van der Waals surface area contributed by atoms with E-state index in [4.69, 9.17) is 14.6 Å². The fourth-order valence-corrected chi connectivity index (χ4v) is 10.1. The molecule has 0 saturated carbocycles. The number of nitrogens with two attached hydrogens (primary N) is 1. The van der Waals surface area contributed by atoms with E-state index in [0.717, 1.165) is 20.3 Å². The number of primary sulfonamides is 1. The highest BCUT2D eigenvalue weighted by Crippen LogP contribution is 2.37. The summed E-state index contributed by atoms with van der Waals surface area (Å²) in [6.45, 7) is 5.05. The number of ether oxygens (including phenoxy) is 2. The zero-order chi connectivity index (χ0) is 60.5. The summed E-state index contributed by atoms with van der Waals surface area (Å²) in [6, 6.07) is 16.7. The van der Waals surface area contributed by atoms with Crippen molar-refractivity contribution in [3.8, 4) is 5.75 Å². The van der Waals surface area contributed by atoms with E-state index in [-0.39, 0.29) is 68.7 Å². The van der Waals surface area contributed by atoms with E-state index < -0.39 is 92.2 Å². The molecule has 0 aliphatic heterocycles. The second kappa shape index (κ2) is 33.1. The molecule has 5 rings (SSSR count). The molecule has 26 nitrogen and oxygen atoms in total. The molecular formula is C54H68IN11O15S2. The molecule has 1 unspecified atom stereocenters. The van der Waals surface area contributed by atoms with Gasteiger partial charge in [0.1, 0.15) is 23.9 Å². The number of phenolic OH excluding ortho intramolecular Hbond substituents is 1. The number of unbranched alkanes of at least 4 members (excludes halogenated alkanes) is 1. The zero-order valence-electron chi connectivity index (χ0n) is 45.7. The number of nitrogens with zero attached hydrogens (tertiary/aromatic N) is 5. The van der Waals surface area contributed by atoms with Gasteiger partial charge in [0, 0.05) is 59.7 Å². The van der Waals surface area contributed by atoms with Gasteiger partial charge in [0.2, 0.25) is 39.0 Å². The number of amides is 5. The first-order chi connectivity index (χ1) is 39.5. The Hall–Kier alpha value is -7.32. The molecular weight excluding hydrogens is 1230 g/mol. The van der Waals surface area contributed by atoms with E-state index >= 15 is 0 Å². The number of benzene rings is 3. The van der Waals surface area contributed by atoms with Gasteiger partial charge in [-0.25, -0.2) is 23.1 Å². The smallest absolute Gasteiger partial charge is 0.326 e. The lowest BCUT2D eigenvalue weighted by Crippen LogP contribution is -2.51. The predicted octanol–water partition coefficient (Wildman–Crippen LogP) is 3.53. The molecule has 0 aliphatic rings. The summed E-state index contributed by atoms with van der Waals surface area (Å²) < 4.78 is 36.2. The Labute approximate surface area is 496 Å². The van der Waals surface area contributed by atoms with Crippen LogP contribution in [0.15, 0.2) is 83.3 Å². The van der Waals surface area contributed by atoms with Gasteiger partial charge < -0.3 is 51.4 Å². The maximum Gasteiger partial charge on any atom is 0.326 e. The monoisotopic (exact) mass is 1300 g/mol. The topological polar surface area (TPSA) is 393 Å². The first kappa shape index (κ1) is 66.5. The second-order valence-corrected chi connectivity index (χ2v) is 23.5. The number of ketones is 1. The number of Topliss-reactive ketones (excluding diaryl/α,β-unsaturated/α-hetero) is 1. The third kappa shape index (κ3) is 23.1. The van der Waals surface area contributed by atoms with Gasteiger partial charge in [-0.3, -0.25) is 33.4 Å². The highest BCUT2D eigenvalue weighted by Gasteiger charge is 2.33. The average Bonchev–Trinajstić information content (AvgIpc) is 4.13. The molecule has 0 spiro atoms. The van der Waals surface area contributed by atoms with Crippen molar-refractivity contribution in [3.63, 3.8) is 0 Å². The molecule has 2 aromatic heterocycles. The number of hydrogen-bond acceptors (Lipinski definition) is 18. The molecule has 5 amide bonds. The number of anilines is 1. The van der Waals surface area contributed by atoms with Gasteiger partial charge in [-0.1, -0.05) is 77.6 Å². The van der Waals surface area contributed by atoms with Gasteiger partial charge in [0.05, 0.1) is 38.4 Å². The van der Waals surface area contributed by atoms with E-state index in [9.17, 15) is 62.1 Å². The Kier molecular flexibility index (Phi) is 26.5.